The van der Waals surface area contributed by atoms with Crippen LogP contribution in [0.25, 0.3) is 0 Å². The van der Waals surface area contributed by atoms with Crippen molar-refractivity contribution in [1.82, 2.24) is 9.97 Å². The van der Waals surface area contributed by atoms with Gasteiger partial charge >= 0.3 is 6.16 Å². The molecule has 0 unspecified atom stereocenters. The fourth-order valence-corrected chi connectivity index (χ4v) is 6.85. The van der Waals surface area contributed by atoms with Crippen molar-refractivity contribution in [3.8, 4) is 5.75 Å². The van der Waals surface area contributed by atoms with Gasteiger partial charge in [0.25, 0.3) is 5.69 Å². The first kappa shape index (κ1) is 41.5. The first-order chi connectivity index (χ1) is 22.9. The topological polar surface area (TPSA) is 125 Å². The van der Waals surface area contributed by atoms with E-state index in [1.54, 1.807) is 55.6 Å². The van der Waals surface area contributed by atoms with Crippen LogP contribution in [-0.4, -0.2) is 26.2 Å². The van der Waals surface area contributed by atoms with Crippen LogP contribution in [0.15, 0.2) is 141 Å². The Hall–Kier alpha value is -2.70. The maximum Gasteiger partial charge on any atom is 0.514 e. The number of non-ortho nitro benzene ring substituents is 1. The van der Waals surface area contributed by atoms with Crippen LogP contribution in [0.5, 0.6) is 5.75 Å². The molecule has 5 rings (SSSR count). The van der Waals surface area contributed by atoms with Crippen molar-refractivity contribution in [2.24, 2.45) is 0 Å². The van der Waals surface area contributed by atoms with Crippen molar-refractivity contribution in [1.29, 1.82) is 0 Å². The van der Waals surface area contributed by atoms with Crippen LogP contribution in [0.3, 0.4) is 0 Å². The van der Waals surface area contributed by atoms with Crippen LogP contribution >= 0.6 is 65.8 Å². The van der Waals surface area contributed by atoms with Crippen molar-refractivity contribution >= 4 is 77.6 Å². The van der Waals surface area contributed by atoms with E-state index >= 15 is 0 Å². The van der Waals surface area contributed by atoms with Crippen LogP contribution in [-0.2, 0) is 36.5 Å². The zero-order valence-electron chi connectivity index (χ0n) is 25.3. The van der Waals surface area contributed by atoms with Gasteiger partial charge in [0.2, 0.25) is 0 Å². The van der Waals surface area contributed by atoms with E-state index in [1.165, 1.54) is 24.3 Å². The molecule has 1 N–H and O–H groups in total. The number of carbonyl (C=O) groups is 1. The van der Waals surface area contributed by atoms with Crippen LogP contribution < -0.4 is 4.74 Å². The first-order valence-electron chi connectivity index (χ1n) is 13.7. The average molecular weight is 870 g/mol. The number of aromatic nitrogens is 2. The smallest absolute Gasteiger partial charge is 0.429 e. The number of nitrogens with zero attached hydrogens (tertiary/aromatic N) is 3. The van der Waals surface area contributed by atoms with E-state index in [-0.39, 0.29) is 43.2 Å². The Morgan fingerprint density at radius 2 is 1.27 bits per heavy atom. The fraction of sp³-hybridized carbons (Fsp3) is 0.0909. The van der Waals surface area contributed by atoms with Gasteiger partial charge in [-0.05, 0) is 93.4 Å². The van der Waals surface area contributed by atoms with Crippen LogP contribution in [0.2, 0.25) is 0 Å². The summed E-state index contributed by atoms with van der Waals surface area (Å²) in [5.74, 6) is 0.175. The van der Waals surface area contributed by atoms with E-state index in [1.807, 2.05) is 96.3 Å². The maximum absolute atomic E-state index is 11.7. The summed E-state index contributed by atoms with van der Waals surface area (Å²) < 4.78 is 12.0. The second-order valence-corrected chi connectivity index (χ2v) is 14.4. The number of aliphatic hydroxyl groups excluding tert-OH is 1. The number of pyridine rings is 2. The van der Waals surface area contributed by atoms with E-state index in [4.69, 9.17) is 14.6 Å². The third-order valence-corrected chi connectivity index (χ3v) is 9.96. The maximum atomic E-state index is 11.7. The molecule has 5 aromatic rings. The molecule has 0 aliphatic heterocycles. The van der Waals surface area contributed by atoms with Crippen molar-refractivity contribution in [2.75, 3.05) is 0 Å². The molecule has 0 atom stereocenters. The molecule has 249 valence electrons. The van der Waals surface area contributed by atoms with E-state index in [0.717, 1.165) is 31.0 Å². The Bertz CT molecular complexity index is 1630. The van der Waals surface area contributed by atoms with Gasteiger partial charge in [-0.2, -0.15) is 6.92 Å². The van der Waals surface area contributed by atoms with Gasteiger partial charge in [0.05, 0.1) is 11.5 Å². The number of nitro groups is 1. The van der Waals surface area contributed by atoms with Gasteiger partial charge in [0.1, 0.15) is 22.4 Å². The number of hydrogen-bond donors (Lipinski definition) is 1. The quantitative estimate of drug-likeness (QED) is 0.0258. The summed E-state index contributed by atoms with van der Waals surface area (Å²) in [5, 5.41) is 21.4. The number of halogens is 1. The van der Waals surface area contributed by atoms with Gasteiger partial charge in [0.15, 0.2) is 0 Å². The molecule has 0 spiro atoms. The summed E-state index contributed by atoms with van der Waals surface area (Å²) in [6, 6.07) is 32.3. The third-order valence-electron chi connectivity index (χ3n) is 5.36. The van der Waals surface area contributed by atoms with Crippen molar-refractivity contribution in [3.63, 3.8) is 0 Å². The van der Waals surface area contributed by atoms with Crippen LogP contribution in [0.1, 0.15) is 18.1 Å². The number of carbonyl (C=O) groups excluding carboxylic acids is 1. The summed E-state index contributed by atoms with van der Waals surface area (Å²) in [7, 11) is 6.44. The number of rotatable bonds is 11. The molecule has 0 amide bonds. The van der Waals surface area contributed by atoms with Gasteiger partial charge in [-0.1, -0.05) is 58.0 Å². The second kappa shape index (κ2) is 24.4. The van der Waals surface area contributed by atoms with Crippen molar-refractivity contribution in [2.45, 2.75) is 40.0 Å². The number of ether oxygens (including phenoxy) is 2. The molecule has 15 heteroatoms. The van der Waals surface area contributed by atoms with Crippen molar-refractivity contribution in [3.05, 3.63) is 147 Å². The standard InChI is InChI=1S/C19H14N2O5S2.C12H11NOS2.C2H4I.V/c22-19(26-16-8-6-15(7-9-16)21(23)24)25-13-14-4-10-17(11-5-14)27-28-18-3-1-2-12-20-18;14-9-10-4-6-11(7-5-10)15-16-12-3-1-2-8-13-12;1-2-3;/h1-12H,13H2;1-8,14H,9H2;2H,1H3;/q;;-1;. The van der Waals surface area contributed by atoms with E-state index in [9.17, 15) is 14.9 Å². The minimum atomic E-state index is -0.877. The monoisotopic (exact) mass is 869 g/mol. The Morgan fingerprint density at radius 3 is 1.69 bits per heavy atom. The zero-order chi connectivity index (χ0) is 33.7. The Morgan fingerprint density at radius 1 is 0.792 bits per heavy atom. The summed E-state index contributed by atoms with van der Waals surface area (Å²) in [5.41, 5.74) is 1.67. The SMILES string of the molecule is C[CH-]I.O=C(OCc1ccc(SSc2ccccn2)cc1)Oc1ccc([N+](=O)[O-])cc1.OCc1ccc(SSc2ccccn2)cc1.[V]. The number of benzene rings is 3. The molecule has 0 bridgehead atoms. The Labute approximate surface area is 320 Å². The summed E-state index contributed by atoms with van der Waals surface area (Å²) in [6.07, 6.45) is 2.66. The van der Waals surface area contributed by atoms with Crippen LogP contribution in [0, 0.1) is 14.5 Å². The normalized spacial score (nSPS) is 9.81. The fourth-order valence-electron chi connectivity index (χ4n) is 3.17. The molecule has 0 saturated heterocycles. The molecule has 2 aromatic heterocycles. The predicted molar refractivity (Wildman–Crippen MR) is 199 cm³/mol. The zero-order valence-corrected chi connectivity index (χ0v) is 32.1. The molecule has 0 aliphatic rings. The molecule has 2 heterocycles. The molecular weight excluding hydrogens is 840 g/mol. The predicted octanol–water partition coefficient (Wildman–Crippen LogP) is 10.5. The van der Waals surface area contributed by atoms with Gasteiger partial charge in [-0.3, -0.25) is 14.5 Å². The minimum Gasteiger partial charge on any atom is -0.429 e. The van der Waals surface area contributed by atoms with E-state index in [0.29, 0.717) is 0 Å². The molecule has 48 heavy (non-hydrogen) atoms. The number of hydrogen-bond acceptors (Lipinski definition) is 12. The largest absolute Gasteiger partial charge is 0.514 e. The summed E-state index contributed by atoms with van der Waals surface area (Å²) in [4.78, 5) is 32.5. The van der Waals surface area contributed by atoms with Gasteiger partial charge in [-0.15, -0.1) is 0 Å². The molecule has 0 fully saturated rings. The average Bonchev–Trinajstić information content (AvgIpc) is 3.11. The van der Waals surface area contributed by atoms with E-state index < -0.39 is 11.1 Å². The summed E-state index contributed by atoms with van der Waals surface area (Å²) >= 11 is 2.16. The Kier molecular flexibility index (Phi) is 21.1. The molecule has 9 nitrogen and oxygen atoms in total. The Balaban J connectivity index is 0.000000339. The van der Waals surface area contributed by atoms with Gasteiger partial charge in [-0.25, -0.2) is 14.8 Å². The molecule has 0 saturated carbocycles. The second-order valence-electron chi connectivity index (χ2n) is 8.73. The van der Waals surface area contributed by atoms with Gasteiger partial charge in [0, 0.05) is 52.9 Å². The van der Waals surface area contributed by atoms with E-state index in [2.05, 4.69) is 32.6 Å². The van der Waals surface area contributed by atoms with Gasteiger partial charge < -0.3 is 37.2 Å². The molecule has 0 aliphatic carbocycles. The first-order valence-corrected chi connectivity index (χ1v) is 19.2. The third kappa shape index (κ3) is 16.6. The minimum absolute atomic E-state index is 0. The summed E-state index contributed by atoms with van der Waals surface area (Å²) in [6.45, 7) is 2.14. The molecular formula is C33H29IN3O6S4V-. The van der Waals surface area contributed by atoms with Crippen molar-refractivity contribution < 1.29 is 42.9 Å². The molecule has 3 aromatic carbocycles. The van der Waals surface area contributed by atoms with Crippen LogP contribution in [0.4, 0.5) is 10.5 Å². The number of aliphatic hydroxyl groups is 1. The molecule has 1 radical (unpaired) electrons. The number of nitro benzene ring substituents is 1.